The van der Waals surface area contributed by atoms with Gasteiger partial charge in [0.2, 0.25) is 0 Å². The van der Waals surface area contributed by atoms with E-state index in [0.29, 0.717) is 13.0 Å². The first-order valence-corrected chi connectivity index (χ1v) is 6.85. The maximum Gasteiger partial charge on any atom is 0.275 e. The van der Waals surface area contributed by atoms with Gasteiger partial charge in [-0.25, -0.2) is 4.68 Å². The topological polar surface area (TPSA) is 87.4 Å². The third kappa shape index (κ3) is 3.82. The standard InChI is InChI=1S/C15H19N3O3/c1-11(7-8-19)9-16-15(21)14-13(20)10-18(17-14)12-5-3-2-4-6-12/h2-6,10-11,19-20H,7-9H2,1H3,(H,16,21). The Morgan fingerprint density at radius 2 is 2.10 bits per heavy atom. The monoisotopic (exact) mass is 289 g/mol. The number of rotatable bonds is 6. The molecule has 21 heavy (non-hydrogen) atoms. The third-order valence-corrected chi connectivity index (χ3v) is 3.16. The molecule has 0 aliphatic carbocycles. The van der Waals surface area contributed by atoms with Gasteiger partial charge in [0.05, 0.1) is 11.9 Å². The van der Waals surface area contributed by atoms with E-state index in [1.807, 2.05) is 37.3 Å². The van der Waals surface area contributed by atoms with Gasteiger partial charge in [-0.2, -0.15) is 5.10 Å². The Balaban J connectivity index is 2.07. The summed E-state index contributed by atoms with van der Waals surface area (Å²) in [4.78, 5) is 12.0. The van der Waals surface area contributed by atoms with E-state index in [4.69, 9.17) is 5.11 Å². The molecule has 1 atom stereocenters. The number of para-hydroxylation sites is 1. The molecule has 0 aliphatic heterocycles. The molecular formula is C15H19N3O3. The van der Waals surface area contributed by atoms with Gasteiger partial charge in [-0.05, 0) is 24.5 Å². The van der Waals surface area contributed by atoms with Crippen molar-refractivity contribution in [3.63, 3.8) is 0 Å². The van der Waals surface area contributed by atoms with Crippen molar-refractivity contribution in [1.29, 1.82) is 0 Å². The molecule has 1 aromatic heterocycles. The van der Waals surface area contributed by atoms with Crippen molar-refractivity contribution in [1.82, 2.24) is 15.1 Å². The average molecular weight is 289 g/mol. The van der Waals surface area contributed by atoms with E-state index >= 15 is 0 Å². The van der Waals surface area contributed by atoms with Crippen molar-refractivity contribution >= 4 is 5.91 Å². The van der Waals surface area contributed by atoms with Crippen molar-refractivity contribution < 1.29 is 15.0 Å². The summed E-state index contributed by atoms with van der Waals surface area (Å²) in [6, 6.07) is 9.24. The second-order valence-corrected chi connectivity index (χ2v) is 4.97. The fourth-order valence-corrected chi connectivity index (χ4v) is 1.91. The van der Waals surface area contributed by atoms with Crippen molar-refractivity contribution in [2.45, 2.75) is 13.3 Å². The quantitative estimate of drug-likeness (QED) is 0.748. The summed E-state index contributed by atoms with van der Waals surface area (Å²) >= 11 is 0. The highest BCUT2D eigenvalue weighted by Gasteiger charge is 2.17. The number of aromatic hydroxyl groups is 1. The van der Waals surface area contributed by atoms with E-state index in [-0.39, 0.29) is 24.0 Å². The van der Waals surface area contributed by atoms with Crippen LogP contribution in [0.25, 0.3) is 5.69 Å². The van der Waals surface area contributed by atoms with Crippen molar-refractivity contribution in [2.24, 2.45) is 5.92 Å². The molecule has 0 spiro atoms. The molecular weight excluding hydrogens is 270 g/mol. The number of aromatic nitrogens is 2. The summed E-state index contributed by atoms with van der Waals surface area (Å²) in [6.45, 7) is 2.45. The maximum atomic E-state index is 12.0. The third-order valence-electron chi connectivity index (χ3n) is 3.16. The molecule has 112 valence electrons. The number of hydrogen-bond acceptors (Lipinski definition) is 4. The largest absolute Gasteiger partial charge is 0.504 e. The molecule has 0 radical (unpaired) electrons. The van der Waals surface area contributed by atoms with Gasteiger partial charge in [-0.3, -0.25) is 4.79 Å². The predicted octanol–water partition coefficient (Wildman–Crippen LogP) is 1.33. The fraction of sp³-hybridized carbons (Fsp3) is 0.333. The van der Waals surface area contributed by atoms with Crippen molar-refractivity contribution in [3.8, 4) is 11.4 Å². The zero-order valence-corrected chi connectivity index (χ0v) is 11.9. The second kappa shape index (κ2) is 6.90. The second-order valence-electron chi connectivity index (χ2n) is 4.97. The Morgan fingerprint density at radius 3 is 2.76 bits per heavy atom. The molecule has 3 N–H and O–H groups in total. The van der Waals surface area contributed by atoms with Gasteiger partial charge in [0.15, 0.2) is 11.4 Å². The molecule has 0 aliphatic rings. The lowest BCUT2D eigenvalue weighted by molar-refractivity contribution is 0.0937. The first-order chi connectivity index (χ1) is 10.1. The van der Waals surface area contributed by atoms with Crippen LogP contribution < -0.4 is 5.32 Å². The Labute approximate surface area is 123 Å². The van der Waals surface area contributed by atoms with Crippen LogP contribution in [-0.2, 0) is 0 Å². The zero-order valence-electron chi connectivity index (χ0n) is 11.9. The molecule has 1 unspecified atom stereocenters. The van der Waals surface area contributed by atoms with E-state index in [1.54, 1.807) is 0 Å². The molecule has 1 heterocycles. The Morgan fingerprint density at radius 1 is 1.38 bits per heavy atom. The molecule has 0 fully saturated rings. The summed E-state index contributed by atoms with van der Waals surface area (Å²) in [5.41, 5.74) is 0.760. The van der Waals surface area contributed by atoms with Gasteiger partial charge in [-0.15, -0.1) is 0 Å². The van der Waals surface area contributed by atoms with Crippen LogP contribution >= 0.6 is 0 Å². The summed E-state index contributed by atoms with van der Waals surface area (Å²) in [5, 5.41) is 25.5. The minimum atomic E-state index is -0.424. The van der Waals surface area contributed by atoms with Crippen molar-refractivity contribution in [2.75, 3.05) is 13.2 Å². The first kappa shape index (κ1) is 15.1. The van der Waals surface area contributed by atoms with Gasteiger partial charge in [0, 0.05) is 13.2 Å². The molecule has 2 rings (SSSR count). The number of nitrogens with zero attached hydrogens (tertiary/aromatic N) is 2. The Hall–Kier alpha value is -2.34. The Kier molecular flexibility index (Phi) is 4.94. The average Bonchev–Trinajstić information content (AvgIpc) is 2.88. The lowest BCUT2D eigenvalue weighted by Crippen LogP contribution is -2.29. The molecule has 2 aromatic rings. The van der Waals surface area contributed by atoms with Crippen LogP contribution in [0.2, 0.25) is 0 Å². The number of amides is 1. The molecule has 6 nitrogen and oxygen atoms in total. The number of aliphatic hydroxyl groups excluding tert-OH is 1. The van der Waals surface area contributed by atoms with Crippen LogP contribution in [0, 0.1) is 5.92 Å². The summed E-state index contributed by atoms with van der Waals surface area (Å²) < 4.78 is 1.46. The van der Waals surface area contributed by atoms with Gasteiger partial charge in [-0.1, -0.05) is 25.1 Å². The number of carbonyl (C=O) groups is 1. The van der Waals surface area contributed by atoms with Crippen LogP contribution in [0.15, 0.2) is 36.5 Å². The SMILES string of the molecule is CC(CCO)CNC(=O)c1nn(-c2ccccc2)cc1O. The molecule has 1 aromatic carbocycles. The number of carbonyl (C=O) groups excluding carboxylic acids is 1. The molecule has 1 amide bonds. The number of aliphatic hydroxyl groups is 1. The minimum absolute atomic E-state index is 0.00458. The lowest BCUT2D eigenvalue weighted by atomic mass is 10.1. The summed E-state index contributed by atoms with van der Waals surface area (Å²) in [5.74, 6) is -0.421. The highest BCUT2D eigenvalue weighted by atomic mass is 16.3. The van der Waals surface area contributed by atoms with Gasteiger partial charge >= 0.3 is 0 Å². The highest BCUT2D eigenvalue weighted by molar-refractivity contribution is 5.94. The maximum absolute atomic E-state index is 12.0. The Bertz CT molecular complexity index is 595. The fourth-order valence-electron chi connectivity index (χ4n) is 1.91. The lowest BCUT2D eigenvalue weighted by Gasteiger charge is -2.10. The zero-order chi connectivity index (χ0) is 15.2. The van der Waals surface area contributed by atoms with Crippen LogP contribution in [0.1, 0.15) is 23.8 Å². The van der Waals surface area contributed by atoms with E-state index in [0.717, 1.165) is 5.69 Å². The molecule has 0 saturated heterocycles. The van der Waals surface area contributed by atoms with E-state index in [1.165, 1.54) is 10.9 Å². The summed E-state index contributed by atoms with van der Waals surface area (Å²) in [7, 11) is 0. The number of nitrogens with one attached hydrogen (secondary N) is 1. The number of hydrogen-bond donors (Lipinski definition) is 3. The normalized spacial score (nSPS) is 12.1. The van der Waals surface area contributed by atoms with E-state index < -0.39 is 5.91 Å². The number of benzene rings is 1. The molecule has 0 bridgehead atoms. The molecule has 0 saturated carbocycles. The van der Waals surface area contributed by atoms with Crippen LogP contribution in [0.4, 0.5) is 0 Å². The minimum Gasteiger partial charge on any atom is -0.504 e. The highest BCUT2D eigenvalue weighted by Crippen LogP contribution is 2.18. The van der Waals surface area contributed by atoms with Crippen molar-refractivity contribution in [3.05, 3.63) is 42.2 Å². The van der Waals surface area contributed by atoms with Gasteiger partial charge in [0.25, 0.3) is 5.91 Å². The predicted molar refractivity (Wildman–Crippen MR) is 78.4 cm³/mol. The van der Waals surface area contributed by atoms with E-state index in [2.05, 4.69) is 10.4 Å². The first-order valence-electron chi connectivity index (χ1n) is 6.85. The van der Waals surface area contributed by atoms with Crippen LogP contribution in [-0.4, -0.2) is 39.1 Å². The smallest absolute Gasteiger partial charge is 0.275 e. The van der Waals surface area contributed by atoms with Gasteiger partial charge < -0.3 is 15.5 Å². The van der Waals surface area contributed by atoms with Crippen LogP contribution in [0.3, 0.4) is 0 Å². The van der Waals surface area contributed by atoms with E-state index in [9.17, 15) is 9.90 Å². The van der Waals surface area contributed by atoms with Gasteiger partial charge in [0.1, 0.15) is 0 Å². The molecule has 6 heteroatoms. The summed E-state index contributed by atoms with van der Waals surface area (Å²) in [6.07, 6.45) is 2.02. The van der Waals surface area contributed by atoms with Crippen LogP contribution in [0.5, 0.6) is 5.75 Å².